The molecule has 0 radical (unpaired) electrons. The van der Waals surface area contributed by atoms with Crippen LogP contribution in [0.1, 0.15) is 18.3 Å². The first-order valence-electron chi connectivity index (χ1n) is 9.98. The number of hydrogen-bond donors (Lipinski definition) is 2. The fourth-order valence-electron chi connectivity index (χ4n) is 3.21. The van der Waals surface area contributed by atoms with Crippen LogP contribution in [0.15, 0.2) is 71.6 Å². The largest absolute Gasteiger partial charge is 0.481 e. The highest BCUT2D eigenvalue weighted by Gasteiger charge is 2.38. The number of imidazole rings is 1. The van der Waals surface area contributed by atoms with Gasteiger partial charge >= 0.3 is 6.18 Å². The second kappa shape index (κ2) is 8.85. The second-order valence-corrected chi connectivity index (χ2v) is 8.96. The summed E-state index contributed by atoms with van der Waals surface area (Å²) in [5, 5.41) is 5.33. The van der Waals surface area contributed by atoms with Crippen LogP contribution in [0.5, 0.6) is 5.75 Å². The molecule has 1 heterocycles. The molecule has 0 amide bonds. The summed E-state index contributed by atoms with van der Waals surface area (Å²) in [4.78, 5) is 7.49. The number of sulfonamides is 1. The number of ether oxygens (including phenoxy) is 1. The van der Waals surface area contributed by atoms with Crippen molar-refractivity contribution in [1.29, 1.82) is 0 Å². The van der Waals surface area contributed by atoms with E-state index in [-0.39, 0.29) is 10.6 Å². The van der Waals surface area contributed by atoms with E-state index in [4.69, 9.17) is 9.88 Å². The molecule has 0 spiro atoms. The van der Waals surface area contributed by atoms with Crippen molar-refractivity contribution in [2.24, 2.45) is 5.14 Å². The monoisotopic (exact) mass is 485 g/mol. The van der Waals surface area contributed by atoms with Gasteiger partial charge in [0, 0.05) is 11.1 Å². The Morgan fingerprint density at radius 1 is 1.03 bits per heavy atom. The third-order valence-electron chi connectivity index (χ3n) is 4.94. The van der Waals surface area contributed by atoms with Crippen molar-refractivity contribution in [1.82, 2.24) is 9.97 Å². The van der Waals surface area contributed by atoms with Crippen LogP contribution in [0.3, 0.4) is 0 Å². The second-order valence-electron chi connectivity index (χ2n) is 7.43. The first kappa shape index (κ1) is 23.4. The van der Waals surface area contributed by atoms with Crippen molar-refractivity contribution in [2.75, 3.05) is 0 Å². The summed E-state index contributed by atoms with van der Waals surface area (Å²) in [6.45, 7) is 0.939. The lowest BCUT2D eigenvalue weighted by molar-refractivity contribution is -0.189. The van der Waals surface area contributed by atoms with Crippen LogP contribution in [0.2, 0.25) is 0 Å². The fourth-order valence-corrected chi connectivity index (χ4v) is 3.97. The number of nitrogens with zero attached hydrogens (tertiary/aromatic N) is 1. The van der Waals surface area contributed by atoms with Crippen LogP contribution in [0.4, 0.5) is 13.2 Å². The molecule has 4 rings (SSSR count). The molecule has 1 unspecified atom stereocenters. The van der Waals surface area contributed by atoms with Gasteiger partial charge in [-0.3, -0.25) is 0 Å². The highest BCUT2D eigenvalue weighted by molar-refractivity contribution is 7.89. The van der Waals surface area contributed by atoms with Gasteiger partial charge in [0.15, 0.2) is 11.9 Å². The smallest absolute Gasteiger partial charge is 0.425 e. The number of primary sulfonamides is 1. The number of benzene rings is 3. The molecular weight excluding hydrogens is 467 g/mol. The maximum absolute atomic E-state index is 12.6. The summed E-state index contributed by atoms with van der Waals surface area (Å²) in [7, 11) is -3.90. The molecule has 3 aromatic carbocycles. The molecule has 0 aliphatic rings. The van der Waals surface area contributed by atoms with Crippen molar-refractivity contribution in [2.45, 2.75) is 24.1 Å². The average molecular weight is 485 g/mol. The minimum atomic E-state index is -4.44. The molecular formula is C24H18F3N3O3S. The Morgan fingerprint density at radius 2 is 1.74 bits per heavy atom. The van der Waals surface area contributed by atoms with Crippen molar-refractivity contribution in [3.05, 3.63) is 78.1 Å². The maximum Gasteiger partial charge on any atom is 0.425 e. The Bertz CT molecular complexity index is 1520. The maximum atomic E-state index is 12.6. The summed E-state index contributed by atoms with van der Waals surface area (Å²) in [6, 6.07) is 17.6. The zero-order valence-electron chi connectivity index (χ0n) is 17.7. The lowest BCUT2D eigenvalue weighted by atomic mass is 10.1. The molecule has 34 heavy (non-hydrogen) atoms. The molecule has 0 bridgehead atoms. The van der Waals surface area contributed by atoms with Gasteiger partial charge in [-0.25, -0.2) is 18.5 Å². The summed E-state index contributed by atoms with van der Waals surface area (Å²) in [6.07, 6.45) is -6.36. The quantitative estimate of drug-likeness (QED) is 0.413. The van der Waals surface area contributed by atoms with Crippen LogP contribution in [-0.4, -0.2) is 30.7 Å². The molecule has 174 valence electrons. The summed E-state index contributed by atoms with van der Waals surface area (Å²) in [5.41, 5.74) is 2.96. The van der Waals surface area contributed by atoms with Gasteiger partial charge < -0.3 is 9.72 Å². The molecule has 1 aromatic heterocycles. The number of rotatable bonds is 4. The van der Waals surface area contributed by atoms with E-state index >= 15 is 0 Å². The Balaban J connectivity index is 1.57. The van der Waals surface area contributed by atoms with Crippen LogP contribution in [-0.2, 0) is 10.0 Å². The number of halogens is 3. The van der Waals surface area contributed by atoms with Gasteiger partial charge in [0.2, 0.25) is 10.0 Å². The van der Waals surface area contributed by atoms with E-state index in [1.165, 1.54) is 18.2 Å². The van der Waals surface area contributed by atoms with E-state index in [9.17, 15) is 21.6 Å². The normalized spacial score (nSPS) is 12.7. The fraction of sp³-hybridized carbons (Fsp3) is 0.125. The summed E-state index contributed by atoms with van der Waals surface area (Å²) >= 11 is 0. The molecule has 10 heteroatoms. The Kier molecular flexibility index (Phi) is 6.08. The van der Waals surface area contributed by atoms with Crippen molar-refractivity contribution in [3.8, 4) is 28.7 Å². The van der Waals surface area contributed by atoms with E-state index < -0.39 is 22.3 Å². The molecule has 6 nitrogen and oxygen atoms in total. The van der Waals surface area contributed by atoms with Gasteiger partial charge in [-0.1, -0.05) is 30.2 Å². The van der Waals surface area contributed by atoms with E-state index in [2.05, 4.69) is 21.8 Å². The van der Waals surface area contributed by atoms with Gasteiger partial charge in [-0.05, 0) is 60.9 Å². The minimum absolute atomic E-state index is 0.0194. The summed E-state index contributed by atoms with van der Waals surface area (Å²) in [5.74, 6) is 6.23. The van der Waals surface area contributed by atoms with Crippen LogP contribution < -0.4 is 9.88 Å². The standard InChI is InChI=1S/C24H18F3N3O3S/c1-15(24(25,26)27)33-18-10-6-16(7-11-18)8-13-23-29-20-12-9-17(14-21(20)30-23)19-4-2-3-5-22(19)34(28,31)32/h2-7,9-12,14-15H,1H3,(H,29,30)(H2,28,31,32). The van der Waals surface area contributed by atoms with Crippen LogP contribution in [0, 0.1) is 11.8 Å². The van der Waals surface area contributed by atoms with Crippen molar-refractivity contribution >= 4 is 21.1 Å². The van der Waals surface area contributed by atoms with E-state index in [0.717, 1.165) is 6.92 Å². The number of fused-ring (bicyclic) bond motifs is 1. The molecule has 0 aliphatic carbocycles. The number of alkyl halides is 3. The number of hydrogen-bond acceptors (Lipinski definition) is 4. The van der Waals surface area contributed by atoms with Gasteiger partial charge in [-0.2, -0.15) is 13.2 Å². The third-order valence-corrected chi connectivity index (χ3v) is 5.91. The lowest BCUT2D eigenvalue weighted by Gasteiger charge is -2.17. The Morgan fingerprint density at radius 3 is 2.41 bits per heavy atom. The van der Waals surface area contributed by atoms with Gasteiger partial charge in [0.25, 0.3) is 0 Å². The minimum Gasteiger partial charge on any atom is -0.481 e. The molecule has 0 fully saturated rings. The highest BCUT2D eigenvalue weighted by Crippen LogP contribution is 2.29. The first-order chi connectivity index (χ1) is 16.0. The average Bonchev–Trinajstić information content (AvgIpc) is 3.19. The van der Waals surface area contributed by atoms with E-state index in [1.54, 1.807) is 48.5 Å². The summed E-state index contributed by atoms with van der Waals surface area (Å²) < 4.78 is 66.5. The SMILES string of the molecule is CC(Oc1ccc(C#Cc2nc3ccc(-c4ccccc4S(N)(=O)=O)cc3[nH]2)cc1)C(F)(F)F. The zero-order valence-corrected chi connectivity index (χ0v) is 18.5. The topological polar surface area (TPSA) is 98.1 Å². The van der Waals surface area contributed by atoms with Crippen LogP contribution in [0.25, 0.3) is 22.2 Å². The number of nitrogens with one attached hydrogen (secondary N) is 1. The molecule has 0 aliphatic heterocycles. The molecule has 0 saturated carbocycles. The van der Waals surface area contributed by atoms with Gasteiger partial charge in [-0.15, -0.1) is 0 Å². The van der Waals surface area contributed by atoms with Crippen LogP contribution >= 0.6 is 0 Å². The number of nitrogens with two attached hydrogens (primary N) is 1. The highest BCUT2D eigenvalue weighted by atomic mass is 32.2. The van der Waals surface area contributed by atoms with Gasteiger partial charge in [0.1, 0.15) is 5.75 Å². The predicted molar refractivity (Wildman–Crippen MR) is 121 cm³/mol. The molecule has 0 saturated heterocycles. The number of H-pyrrole nitrogens is 1. The first-order valence-corrected chi connectivity index (χ1v) is 11.5. The molecule has 3 N–H and O–H groups in total. The van der Waals surface area contributed by atoms with Crippen molar-refractivity contribution < 1.29 is 26.3 Å². The Hall–Kier alpha value is -3.81. The van der Waals surface area contributed by atoms with Gasteiger partial charge in [0.05, 0.1) is 15.9 Å². The Labute approximate surface area is 193 Å². The third kappa shape index (κ3) is 5.22. The van der Waals surface area contributed by atoms with E-state index in [0.29, 0.717) is 33.5 Å². The van der Waals surface area contributed by atoms with Crippen molar-refractivity contribution in [3.63, 3.8) is 0 Å². The zero-order chi connectivity index (χ0) is 24.5. The predicted octanol–water partition coefficient (Wildman–Crippen LogP) is 4.61. The number of aromatic amines is 1. The van der Waals surface area contributed by atoms with E-state index in [1.807, 2.05) is 0 Å². The molecule has 4 aromatic rings. The number of aromatic nitrogens is 2. The lowest BCUT2D eigenvalue weighted by Crippen LogP contribution is -2.31. The molecule has 1 atom stereocenters.